The van der Waals surface area contributed by atoms with Gasteiger partial charge >= 0.3 is 17.8 Å². The predicted molar refractivity (Wildman–Crippen MR) is 196 cm³/mol. The maximum atomic E-state index is 13.2. The third-order valence-electron chi connectivity index (χ3n) is 8.67. The molecule has 0 spiro atoms. The smallest absolute Gasteiger partial charge is 0.365 e. The molecule has 4 amide bonds. The first-order valence-electron chi connectivity index (χ1n) is 16.1. The van der Waals surface area contributed by atoms with Crippen molar-refractivity contribution in [1.82, 2.24) is 40.3 Å². The zero-order chi connectivity index (χ0) is 36.1. The van der Waals surface area contributed by atoms with E-state index in [0.717, 1.165) is 60.2 Å². The van der Waals surface area contributed by atoms with Gasteiger partial charge in [-0.05, 0) is 45.5 Å². The number of pyridine rings is 1. The number of aromatic carboxylic acids is 1. The molecule has 5 heterocycles. The van der Waals surface area contributed by atoms with E-state index in [2.05, 4.69) is 40.7 Å². The van der Waals surface area contributed by atoms with Crippen LogP contribution in [0.3, 0.4) is 0 Å². The Hall–Kier alpha value is -3.74. The van der Waals surface area contributed by atoms with E-state index >= 15 is 0 Å². The highest BCUT2D eigenvalue weighted by Gasteiger charge is 2.37. The molecule has 0 radical (unpaired) electrons. The summed E-state index contributed by atoms with van der Waals surface area (Å²) in [7, 11) is 7.44. The number of halogens is 2. The molecule has 0 unspecified atom stereocenters. The summed E-state index contributed by atoms with van der Waals surface area (Å²) in [6, 6.07) is 1.95. The van der Waals surface area contributed by atoms with Crippen molar-refractivity contribution in [1.29, 1.82) is 0 Å². The van der Waals surface area contributed by atoms with Crippen molar-refractivity contribution in [3.63, 3.8) is 0 Å². The number of carboxylic acid groups (broad SMARTS) is 1. The second-order valence-electron chi connectivity index (χ2n) is 12.8. The van der Waals surface area contributed by atoms with Gasteiger partial charge in [-0.3, -0.25) is 19.2 Å². The van der Waals surface area contributed by atoms with E-state index in [-0.39, 0.29) is 41.0 Å². The van der Waals surface area contributed by atoms with E-state index in [0.29, 0.717) is 29.3 Å². The molecule has 276 valence electrons. The van der Waals surface area contributed by atoms with E-state index in [1.807, 2.05) is 14.1 Å². The molecule has 1 fully saturated rings. The van der Waals surface area contributed by atoms with Crippen molar-refractivity contribution < 1.29 is 29.1 Å². The minimum atomic E-state index is -0.915. The lowest BCUT2D eigenvalue weighted by molar-refractivity contribution is -0.137. The molecule has 6 rings (SSSR count). The monoisotopic (exact) mass is 781 g/mol. The zero-order valence-electron chi connectivity index (χ0n) is 28.6. The Morgan fingerprint density at radius 3 is 2.06 bits per heavy atom. The van der Waals surface area contributed by atoms with Gasteiger partial charge in [0.2, 0.25) is 10.9 Å². The fraction of sp³-hybridized carbons (Fsp3) is 0.500. The summed E-state index contributed by atoms with van der Waals surface area (Å²) < 4.78 is 0. The quantitative estimate of drug-likeness (QED) is 0.269. The van der Waals surface area contributed by atoms with Crippen molar-refractivity contribution in [2.75, 3.05) is 46.6 Å². The van der Waals surface area contributed by atoms with E-state index in [4.69, 9.17) is 16.7 Å². The number of rotatable bonds is 6. The number of thiazole rings is 2. The molecule has 3 atom stereocenters. The lowest BCUT2D eigenvalue weighted by atomic mass is 9.81. The van der Waals surface area contributed by atoms with Crippen LogP contribution in [0, 0.1) is 5.92 Å². The van der Waals surface area contributed by atoms with Gasteiger partial charge in [0.05, 0.1) is 22.5 Å². The summed E-state index contributed by atoms with van der Waals surface area (Å²) in [5.41, 5.74) is 1.91. The van der Waals surface area contributed by atoms with Gasteiger partial charge in [0.25, 0.3) is 5.91 Å². The average Bonchev–Trinajstić information content (AvgIpc) is 3.70. The number of hydrogen-bond donors (Lipinski definition) is 4. The summed E-state index contributed by atoms with van der Waals surface area (Å²) in [5.74, 6) is -3.16. The Kier molecular flexibility index (Phi) is 13.9. The zero-order valence-corrected chi connectivity index (χ0v) is 31.8. The molecule has 0 aromatic carbocycles. The maximum absolute atomic E-state index is 13.2. The highest BCUT2D eigenvalue weighted by Crippen LogP contribution is 2.29. The van der Waals surface area contributed by atoms with E-state index < -0.39 is 29.9 Å². The summed E-state index contributed by atoms with van der Waals surface area (Å²) in [6.07, 6.45) is 4.30. The predicted octanol–water partition coefficient (Wildman–Crippen LogP) is 2.54. The number of amides is 4. The normalized spacial score (nSPS) is 19.9. The van der Waals surface area contributed by atoms with Crippen LogP contribution in [0.1, 0.15) is 60.0 Å². The molecule has 15 nitrogen and oxygen atoms in total. The largest absolute Gasteiger partial charge is 0.476 e. The number of carbonyl (C=O) groups excluding carboxylic acids is 4. The van der Waals surface area contributed by atoms with Gasteiger partial charge in [0, 0.05) is 81.0 Å². The molecule has 0 saturated heterocycles. The maximum Gasteiger partial charge on any atom is 0.365 e. The third-order valence-corrected chi connectivity index (χ3v) is 11.0. The third kappa shape index (κ3) is 10.4. The molecule has 51 heavy (non-hydrogen) atoms. The van der Waals surface area contributed by atoms with Crippen molar-refractivity contribution in [2.45, 2.75) is 57.3 Å². The fourth-order valence-electron chi connectivity index (χ4n) is 6.01. The average molecular weight is 783 g/mol. The molecular formula is C32H41Cl2N9O6S2. The van der Waals surface area contributed by atoms with Gasteiger partial charge in [-0.1, -0.05) is 11.6 Å². The van der Waals surface area contributed by atoms with E-state index in [9.17, 15) is 24.0 Å². The first-order chi connectivity index (χ1) is 23.8. The molecule has 0 bridgehead atoms. The lowest BCUT2D eigenvalue weighted by Crippen LogP contribution is -2.57. The van der Waals surface area contributed by atoms with Gasteiger partial charge in [-0.2, -0.15) is 0 Å². The van der Waals surface area contributed by atoms with Gasteiger partial charge in [-0.25, -0.2) is 19.7 Å². The Bertz CT molecular complexity index is 1750. The minimum Gasteiger partial charge on any atom is -0.476 e. The molecule has 3 aliphatic rings. The van der Waals surface area contributed by atoms with Crippen LogP contribution in [0.2, 0.25) is 5.02 Å². The molecule has 3 aromatic rings. The summed E-state index contributed by atoms with van der Waals surface area (Å²) in [4.78, 5) is 82.2. The molecule has 2 aliphatic heterocycles. The number of aromatic nitrogens is 3. The van der Waals surface area contributed by atoms with Crippen LogP contribution in [0.25, 0.3) is 0 Å². The number of carboxylic acids is 1. The van der Waals surface area contributed by atoms with Crippen LogP contribution >= 0.6 is 46.7 Å². The molecule has 4 N–H and O–H groups in total. The van der Waals surface area contributed by atoms with Gasteiger partial charge in [-0.15, -0.1) is 35.1 Å². The summed E-state index contributed by atoms with van der Waals surface area (Å²) in [5, 5.41) is 17.9. The topological polar surface area (TPSA) is 190 Å². The molecule has 1 saturated carbocycles. The number of likely N-dealkylation sites (N-methyl/N-ethyl adjacent to an activating group) is 2. The van der Waals surface area contributed by atoms with E-state index in [1.54, 1.807) is 20.2 Å². The Labute approximate surface area is 314 Å². The van der Waals surface area contributed by atoms with Crippen LogP contribution in [0.15, 0.2) is 18.3 Å². The van der Waals surface area contributed by atoms with Crippen molar-refractivity contribution >= 4 is 82.1 Å². The fourth-order valence-corrected chi connectivity index (χ4v) is 8.24. The second kappa shape index (κ2) is 17.7. The molecule has 3 aromatic heterocycles. The van der Waals surface area contributed by atoms with Crippen molar-refractivity contribution in [2.24, 2.45) is 5.92 Å². The number of nitrogens with one attached hydrogen (secondary N) is 3. The number of nitrogens with zero attached hydrogens (tertiary/aromatic N) is 6. The highest BCUT2D eigenvalue weighted by atomic mass is 35.5. The number of hydrogen-bond acceptors (Lipinski definition) is 12. The molecule has 1 aliphatic carbocycles. The number of carbonyl (C=O) groups is 5. The minimum absolute atomic E-state index is 0. The Balaban J connectivity index is 0.000000348. The standard InChI is InChI=1S/C24H30ClN7O4S.C8H10N2O2S.ClH/c1-31(2)24(36)13-4-6-15(27-20(33)21(34)30-19-7-5-14(25)11-26-19)17(10-13)28-22(35)23-29-16-8-9-32(3)12-18(16)37-23;1-10-3-2-5-6(4-10)13-7(9-5)8(11)12;/h5,7,11,13,15,17H,4,6,8-10,12H2,1-3H3,(H,27,33)(H,28,35)(H,26,30,34);2-4H2,1H3,(H,11,12);1H/t13-,15-,17+;;/m0../s1. The Morgan fingerprint density at radius 1 is 0.882 bits per heavy atom. The van der Waals surface area contributed by atoms with Gasteiger partial charge in [0.1, 0.15) is 5.82 Å². The molecular weight excluding hydrogens is 741 g/mol. The second-order valence-corrected chi connectivity index (χ2v) is 15.4. The number of anilines is 1. The van der Waals surface area contributed by atoms with Crippen LogP contribution in [0.4, 0.5) is 5.82 Å². The SMILES string of the molecule is CN1CCc2nc(C(=O)N[C@@H]3C[C@@H](C(=O)N(C)C)CC[C@@H]3NC(=O)C(=O)Nc3ccc(Cl)cn3)sc2C1.CN1CCc2nc(C(=O)O)sc2C1.Cl. The van der Waals surface area contributed by atoms with Crippen molar-refractivity contribution in [3.8, 4) is 0 Å². The summed E-state index contributed by atoms with van der Waals surface area (Å²) >= 11 is 8.47. The van der Waals surface area contributed by atoms with Crippen LogP contribution < -0.4 is 16.0 Å². The van der Waals surface area contributed by atoms with Crippen LogP contribution in [0.5, 0.6) is 0 Å². The number of fused-ring (bicyclic) bond motifs is 2. The first kappa shape index (κ1) is 40.0. The van der Waals surface area contributed by atoms with Gasteiger partial charge < -0.3 is 35.8 Å². The lowest BCUT2D eigenvalue weighted by Gasteiger charge is -2.37. The summed E-state index contributed by atoms with van der Waals surface area (Å²) in [6.45, 7) is 3.44. The van der Waals surface area contributed by atoms with E-state index in [1.165, 1.54) is 39.8 Å². The van der Waals surface area contributed by atoms with Crippen molar-refractivity contribution in [3.05, 3.63) is 54.5 Å². The Morgan fingerprint density at radius 2 is 1.49 bits per heavy atom. The van der Waals surface area contributed by atoms with Crippen LogP contribution in [-0.4, -0.2) is 118 Å². The highest BCUT2D eigenvalue weighted by molar-refractivity contribution is 7.14. The van der Waals surface area contributed by atoms with Gasteiger partial charge in [0.15, 0.2) is 5.01 Å². The molecule has 19 heteroatoms. The van der Waals surface area contributed by atoms with Crippen LogP contribution in [-0.2, 0) is 40.3 Å². The first-order valence-corrected chi connectivity index (χ1v) is 18.1.